The van der Waals surface area contributed by atoms with Crippen LogP contribution in [0.4, 0.5) is 0 Å². The summed E-state index contributed by atoms with van der Waals surface area (Å²) < 4.78 is 5.71. The molecule has 1 aromatic carbocycles. The first-order valence-electron chi connectivity index (χ1n) is 4.80. The third-order valence-corrected chi connectivity index (χ3v) is 2.46. The summed E-state index contributed by atoms with van der Waals surface area (Å²) in [6, 6.07) is 15.4. The zero-order chi connectivity index (χ0) is 10.3. The van der Waals surface area contributed by atoms with Crippen LogP contribution in [0, 0.1) is 5.41 Å². The Morgan fingerprint density at radius 3 is 2.53 bits per heavy atom. The number of rotatable bonds is 0. The van der Waals surface area contributed by atoms with Gasteiger partial charge in [0.05, 0.1) is 5.36 Å². The Balaban J connectivity index is 0.000000722. The monoisotopic (exact) mass is 340 g/mol. The predicted molar refractivity (Wildman–Crippen MR) is 79.1 cm³/mol. The van der Waals surface area contributed by atoms with Gasteiger partial charge in [-0.25, -0.2) is 0 Å². The summed E-state index contributed by atoms with van der Waals surface area (Å²) in [5.74, 6) is 0.765. The molecule has 0 saturated heterocycles. The fraction of sp³-hybridized carbons (Fsp3) is 0. The van der Waals surface area contributed by atoms with Crippen molar-refractivity contribution in [2.75, 3.05) is 0 Å². The van der Waals surface area contributed by atoms with E-state index in [2.05, 4.69) is 6.07 Å². The smallest absolute Gasteiger partial charge is 0.136 e. The van der Waals surface area contributed by atoms with Crippen molar-refractivity contribution < 1.29 is 4.42 Å². The molecule has 1 aliphatic carbocycles. The van der Waals surface area contributed by atoms with Crippen molar-refractivity contribution in [3.8, 4) is 11.3 Å². The van der Waals surface area contributed by atoms with Crippen LogP contribution >= 0.6 is 24.0 Å². The number of benzene rings is 2. The summed E-state index contributed by atoms with van der Waals surface area (Å²) in [6.45, 7) is 0. The molecule has 0 fully saturated rings. The molecule has 0 amide bonds. The van der Waals surface area contributed by atoms with Gasteiger partial charge in [-0.1, -0.05) is 18.2 Å². The van der Waals surface area contributed by atoms with Gasteiger partial charge in [0, 0.05) is 17.0 Å². The topological polar surface area (TPSA) is 72.0 Å². The average molecular weight is 340 g/mol. The van der Waals surface area contributed by atoms with E-state index in [1.54, 1.807) is 12.1 Å². The van der Waals surface area contributed by atoms with Crippen molar-refractivity contribution >= 4 is 34.9 Å². The second-order valence-corrected chi connectivity index (χ2v) is 3.54. The Kier molecular flexibility index (Phi) is 4.25. The van der Waals surface area contributed by atoms with Crippen molar-refractivity contribution in [1.29, 1.82) is 5.41 Å². The van der Waals surface area contributed by atoms with Gasteiger partial charge in [-0.05, 0) is 24.3 Å². The van der Waals surface area contributed by atoms with E-state index in [9.17, 15) is 0 Å². The maximum absolute atomic E-state index is 7.53. The third kappa shape index (κ3) is 2.48. The SMILES string of the molecule is I.N.N=c1ccc2cc3ccccc3oc-2c1. The second kappa shape index (κ2) is 5.29. The third-order valence-electron chi connectivity index (χ3n) is 2.46. The Labute approximate surface area is 116 Å². The van der Waals surface area contributed by atoms with Crippen LogP contribution in [0.15, 0.2) is 52.9 Å². The van der Waals surface area contributed by atoms with E-state index in [-0.39, 0.29) is 30.1 Å². The summed E-state index contributed by atoms with van der Waals surface area (Å²) in [5, 5.41) is 9.08. The lowest BCUT2D eigenvalue weighted by Crippen LogP contribution is -1.97. The Morgan fingerprint density at radius 2 is 1.71 bits per heavy atom. The molecule has 88 valence electrons. The Hall–Kier alpha value is -1.40. The van der Waals surface area contributed by atoms with Crippen LogP contribution < -0.4 is 11.5 Å². The van der Waals surface area contributed by atoms with E-state index < -0.39 is 0 Å². The van der Waals surface area contributed by atoms with Crippen LogP contribution in [-0.4, -0.2) is 0 Å². The molecule has 3 nitrogen and oxygen atoms in total. The zero-order valence-corrected chi connectivity index (χ0v) is 11.5. The number of hydrogen-bond donors (Lipinski definition) is 2. The minimum atomic E-state index is 0. The second-order valence-electron chi connectivity index (χ2n) is 3.54. The van der Waals surface area contributed by atoms with Gasteiger partial charge in [-0.3, -0.25) is 0 Å². The number of fused-ring (bicyclic) bond motifs is 2. The van der Waals surface area contributed by atoms with Gasteiger partial charge >= 0.3 is 0 Å². The normalized spacial score (nSPS) is 9.65. The molecule has 0 bridgehead atoms. The van der Waals surface area contributed by atoms with Crippen LogP contribution in [0.25, 0.3) is 22.3 Å². The molecular formula is C13H13IN2O. The van der Waals surface area contributed by atoms with Crippen molar-refractivity contribution in [3.05, 3.63) is 53.9 Å². The van der Waals surface area contributed by atoms with Crippen LogP contribution in [0.2, 0.25) is 0 Å². The maximum Gasteiger partial charge on any atom is 0.136 e. The van der Waals surface area contributed by atoms with E-state index in [0.717, 1.165) is 22.3 Å². The van der Waals surface area contributed by atoms with Crippen LogP contribution in [0.1, 0.15) is 0 Å². The van der Waals surface area contributed by atoms with Crippen LogP contribution in [0.5, 0.6) is 0 Å². The lowest BCUT2D eigenvalue weighted by Gasteiger charge is -2.05. The van der Waals surface area contributed by atoms with Gasteiger partial charge in [0.2, 0.25) is 0 Å². The largest absolute Gasteiger partial charge is 0.456 e. The van der Waals surface area contributed by atoms with Gasteiger partial charge in [-0.2, -0.15) is 0 Å². The van der Waals surface area contributed by atoms with Gasteiger partial charge in [0.1, 0.15) is 11.3 Å². The van der Waals surface area contributed by atoms with Gasteiger partial charge < -0.3 is 16.0 Å². The average Bonchev–Trinajstić information content (AvgIpc) is 2.26. The number of hydrogen-bond acceptors (Lipinski definition) is 3. The van der Waals surface area contributed by atoms with E-state index in [4.69, 9.17) is 9.83 Å². The Morgan fingerprint density at radius 1 is 0.941 bits per heavy atom. The van der Waals surface area contributed by atoms with E-state index in [1.807, 2.05) is 30.3 Å². The lowest BCUT2D eigenvalue weighted by molar-refractivity contribution is 0.618. The molecule has 0 saturated carbocycles. The van der Waals surface area contributed by atoms with Crippen LogP contribution in [0.3, 0.4) is 0 Å². The van der Waals surface area contributed by atoms with Gasteiger partial charge in [-0.15, -0.1) is 24.0 Å². The van der Waals surface area contributed by atoms with Gasteiger partial charge in [0.25, 0.3) is 0 Å². The van der Waals surface area contributed by atoms with Crippen molar-refractivity contribution in [3.63, 3.8) is 0 Å². The van der Waals surface area contributed by atoms with E-state index >= 15 is 0 Å². The molecule has 0 aromatic heterocycles. The molecule has 0 spiro atoms. The quantitative estimate of drug-likeness (QED) is 0.483. The highest BCUT2D eigenvalue weighted by molar-refractivity contribution is 14.0. The highest BCUT2D eigenvalue weighted by Crippen LogP contribution is 2.26. The first-order chi connectivity index (χ1) is 7.33. The first-order valence-corrected chi connectivity index (χ1v) is 4.80. The molecule has 1 aromatic rings. The molecule has 4 heteroatoms. The molecular weight excluding hydrogens is 327 g/mol. The summed E-state index contributed by atoms with van der Waals surface area (Å²) in [7, 11) is 0. The highest BCUT2D eigenvalue weighted by atomic mass is 127. The van der Waals surface area contributed by atoms with Crippen molar-refractivity contribution in [1.82, 2.24) is 6.15 Å². The van der Waals surface area contributed by atoms with Crippen LogP contribution in [-0.2, 0) is 0 Å². The minimum absolute atomic E-state index is 0. The number of para-hydroxylation sites is 1. The summed E-state index contributed by atoms with van der Waals surface area (Å²) in [4.78, 5) is 0. The molecule has 1 heterocycles. The standard InChI is InChI=1S/C13H9NO.HI.H3N/c14-11-6-5-10-7-9-3-1-2-4-12(9)15-13(10)8-11;;/h1-8,14H;1H;1H3. The maximum atomic E-state index is 7.53. The fourth-order valence-corrected chi connectivity index (χ4v) is 1.72. The molecule has 0 atom stereocenters. The molecule has 2 aliphatic rings. The summed E-state index contributed by atoms with van der Waals surface area (Å²) in [6.07, 6.45) is 0. The molecule has 17 heavy (non-hydrogen) atoms. The molecule has 0 unspecified atom stereocenters. The van der Waals surface area contributed by atoms with E-state index in [1.165, 1.54) is 0 Å². The lowest BCUT2D eigenvalue weighted by atomic mass is 10.1. The first kappa shape index (κ1) is 13.7. The summed E-state index contributed by atoms with van der Waals surface area (Å²) in [5.41, 5.74) is 1.89. The number of halogens is 1. The fourth-order valence-electron chi connectivity index (χ4n) is 1.72. The van der Waals surface area contributed by atoms with Gasteiger partial charge in [0.15, 0.2) is 0 Å². The zero-order valence-electron chi connectivity index (χ0n) is 9.14. The van der Waals surface area contributed by atoms with Crippen molar-refractivity contribution in [2.45, 2.75) is 0 Å². The molecule has 3 rings (SSSR count). The van der Waals surface area contributed by atoms with Crippen molar-refractivity contribution in [2.24, 2.45) is 0 Å². The molecule has 4 N–H and O–H groups in total. The molecule has 0 radical (unpaired) electrons. The predicted octanol–water partition coefficient (Wildman–Crippen LogP) is 3.80. The summed E-state index contributed by atoms with van der Waals surface area (Å²) >= 11 is 0. The minimum Gasteiger partial charge on any atom is -0.456 e. The Bertz CT molecular complexity index is 663. The van der Waals surface area contributed by atoms with E-state index in [0.29, 0.717) is 5.36 Å². The molecule has 1 aliphatic heterocycles. The number of nitrogens with one attached hydrogen (secondary N) is 1. The highest BCUT2D eigenvalue weighted by Gasteiger charge is 2.05.